The molecule has 0 bridgehead atoms. The Balaban J connectivity index is 2.06. The predicted octanol–water partition coefficient (Wildman–Crippen LogP) is 1.12. The molecule has 0 aliphatic carbocycles. The fourth-order valence-electron chi connectivity index (χ4n) is 2.67. The number of hydrogen-bond acceptors (Lipinski definition) is 5. The van der Waals surface area contributed by atoms with Crippen molar-refractivity contribution >= 4 is 10.0 Å². The molecule has 1 unspecified atom stereocenters. The third-order valence-corrected chi connectivity index (χ3v) is 5.68. The molecule has 1 fully saturated rings. The van der Waals surface area contributed by atoms with Crippen LogP contribution in [0.1, 0.15) is 25.5 Å². The number of piperidine rings is 1. The van der Waals surface area contributed by atoms with Gasteiger partial charge >= 0.3 is 0 Å². The molecule has 1 aromatic rings. The van der Waals surface area contributed by atoms with Crippen LogP contribution in [-0.2, 0) is 16.6 Å². The van der Waals surface area contributed by atoms with Gasteiger partial charge in [-0.15, -0.1) is 0 Å². The van der Waals surface area contributed by atoms with E-state index in [9.17, 15) is 13.5 Å². The van der Waals surface area contributed by atoms with Crippen molar-refractivity contribution in [2.75, 3.05) is 33.8 Å². The first kappa shape index (κ1) is 16.5. The molecule has 120 valence electrons. The highest BCUT2D eigenvalue weighted by molar-refractivity contribution is 7.88. The number of aliphatic hydroxyl groups excluding tert-OH is 1. The summed E-state index contributed by atoms with van der Waals surface area (Å²) in [4.78, 5) is 2.20. The van der Waals surface area contributed by atoms with Crippen LogP contribution in [0, 0.1) is 5.41 Å². The van der Waals surface area contributed by atoms with Gasteiger partial charge in [0.2, 0.25) is 5.09 Å². The number of furan rings is 1. The van der Waals surface area contributed by atoms with Gasteiger partial charge in [-0.1, -0.05) is 6.92 Å². The van der Waals surface area contributed by atoms with Crippen LogP contribution in [0.4, 0.5) is 0 Å². The summed E-state index contributed by atoms with van der Waals surface area (Å²) in [5.74, 6) is 0.637. The second-order valence-corrected chi connectivity index (χ2v) is 8.37. The zero-order valence-corrected chi connectivity index (χ0v) is 13.7. The first-order valence-electron chi connectivity index (χ1n) is 7.11. The molecule has 21 heavy (non-hydrogen) atoms. The summed E-state index contributed by atoms with van der Waals surface area (Å²) in [6.45, 7) is 4.54. The van der Waals surface area contributed by atoms with Crippen molar-refractivity contribution in [3.63, 3.8) is 0 Å². The van der Waals surface area contributed by atoms with Gasteiger partial charge in [0.15, 0.2) is 0 Å². The van der Waals surface area contributed by atoms with Crippen molar-refractivity contribution in [2.45, 2.75) is 31.4 Å². The van der Waals surface area contributed by atoms with Crippen molar-refractivity contribution in [1.82, 2.24) is 9.21 Å². The third-order valence-electron chi connectivity index (χ3n) is 3.99. The molecular formula is C14H24N2O4S. The first-order chi connectivity index (χ1) is 9.77. The number of rotatable bonds is 5. The van der Waals surface area contributed by atoms with Crippen LogP contribution in [0.3, 0.4) is 0 Å². The van der Waals surface area contributed by atoms with E-state index in [4.69, 9.17) is 4.42 Å². The molecule has 7 heteroatoms. The van der Waals surface area contributed by atoms with E-state index in [1.165, 1.54) is 20.2 Å². The van der Waals surface area contributed by atoms with Crippen LogP contribution in [0.15, 0.2) is 21.6 Å². The van der Waals surface area contributed by atoms with Gasteiger partial charge in [-0.25, -0.2) is 12.7 Å². The van der Waals surface area contributed by atoms with Gasteiger partial charge in [0.1, 0.15) is 5.76 Å². The monoisotopic (exact) mass is 316 g/mol. The van der Waals surface area contributed by atoms with Crippen LogP contribution in [0.25, 0.3) is 0 Å². The smallest absolute Gasteiger partial charge is 0.275 e. The molecule has 1 atom stereocenters. The van der Waals surface area contributed by atoms with Crippen LogP contribution in [0.2, 0.25) is 0 Å². The zero-order valence-electron chi connectivity index (χ0n) is 12.9. The Kier molecular flexibility index (Phi) is 4.77. The lowest BCUT2D eigenvalue weighted by Crippen LogP contribution is -2.43. The maximum absolute atomic E-state index is 12.0. The van der Waals surface area contributed by atoms with Crippen molar-refractivity contribution in [2.24, 2.45) is 5.41 Å². The van der Waals surface area contributed by atoms with Gasteiger partial charge < -0.3 is 9.52 Å². The standard InChI is InChI=1S/C14H24N2O4S/c1-14(11-17)7-4-8-16(10-14)9-12-5-6-13(20-12)21(18,19)15(2)3/h5-6,17H,4,7-11H2,1-3H3. The normalized spacial score (nSPS) is 24.6. The second kappa shape index (κ2) is 6.08. The van der Waals surface area contributed by atoms with E-state index >= 15 is 0 Å². The fourth-order valence-corrected chi connectivity index (χ4v) is 3.49. The average molecular weight is 316 g/mol. The zero-order chi connectivity index (χ0) is 15.7. The summed E-state index contributed by atoms with van der Waals surface area (Å²) in [6.07, 6.45) is 2.04. The maximum atomic E-state index is 12.0. The SMILES string of the molecule is CN(C)S(=O)(=O)c1ccc(CN2CCCC(C)(CO)C2)o1. The van der Waals surface area contributed by atoms with E-state index in [0.29, 0.717) is 12.3 Å². The lowest BCUT2D eigenvalue weighted by molar-refractivity contribution is 0.0393. The van der Waals surface area contributed by atoms with Gasteiger partial charge in [-0.3, -0.25) is 4.90 Å². The largest absolute Gasteiger partial charge is 0.447 e. The van der Waals surface area contributed by atoms with E-state index < -0.39 is 10.0 Å². The van der Waals surface area contributed by atoms with Gasteiger partial charge in [-0.05, 0) is 31.5 Å². The molecule has 1 saturated heterocycles. The van der Waals surface area contributed by atoms with Crippen molar-refractivity contribution in [1.29, 1.82) is 0 Å². The van der Waals surface area contributed by atoms with Gasteiger partial charge in [0.25, 0.3) is 10.0 Å². The molecule has 1 aliphatic heterocycles. The molecule has 2 rings (SSSR count). The summed E-state index contributed by atoms with van der Waals surface area (Å²) >= 11 is 0. The topological polar surface area (TPSA) is 74.0 Å². The van der Waals surface area contributed by atoms with Crippen LogP contribution >= 0.6 is 0 Å². The Morgan fingerprint density at radius 3 is 2.76 bits per heavy atom. The Bertz CT molecular complexity index is 582. The molecule has 2 heterocycles. The summed E-state index contributed by atoms with van der Waals surface area (Å²) in [7, 11) is -0.554. The van der Waals surface area contributed by atoms with Crippen LogP contribution in [-0.4, -0.2) is 56.5 Å². The molecule has 0 amide bonds. The molecule has 1 aliphatic rings. The minimum absolute atomic E-state index is 0.0237. The lowest BCUT2D eigenvalue weighted by Gasteiger charge is -2.38. The van der Waals surface area contributed by atoms with E-state index in [2.05, 4.69) is 11.8 Å². The maximum Gasteiger partial charge on any atom is 0.275 e. The van der Waals surface area contributed by atoms with Crippen LogP contribution < -0.4 is 0 Å². The average Bonchev–Trinajstić information content (AvgIpc) is 2.88. The lowest BCUT2D eigenvalue weighted by atomic mass is 9.83. The molecule has 0 spiro atoms. The predicted molar refractivity (Wildman–Crippen MR) is 79.3 cm³/mol. The quantitative estimate of drug-likeness (QED) is 0.881. The van der Waals surface area contributed by atoms with E-state index in [1.807, 2.05) is 0 Å². The summed E-state index contributed by atoms with van der Waals surface area (Å²) in [5.41, 5.74) is -0.0800. The molecule has 1 aromatic heterocycles. The number of hydrogen-bond donors (Lipinski definition) is 1. The molecule has 6 nitrogen and oxygen atoms in total. The molecule has 0 aromatic carbocycles. The second-order valence-electron chi connectivity index (χ2n) is 6.29. The summed E-state index contributed by atoms with van der Waals surface area (Å²) in [6, 6.07) is 3.21. The molecule has 1 N–H and O–H groups in total. The van der Waals surface area contributed by atoms with E-state index in [1.54, 1.807) is 6.07 Å². The highest BCUT2D eigenvalue weighted by atomic mass is 32.2. The van der Waals surface area contributed by atoms with Crippen molar-refractivity contribution in [3.05, 3.63) is 17.9 Å². The summed E-state index contributed by atoms with van der Waals surface area (Å²) in [5, 5.41) is 9.45. The third kappa shape index (κ3) is 3.66. The summed E-state index contributed by atoms with van der Waals surface area (Å²) < 4.78 is 30.6. The van der Waals surface area contributed by atoms with Crippen molar-refractivity contribution < 1.29 is 17.9 Å². The van der Waals surface area contributed by atoms with Gasteiger partial charge in [0, 0.05) is 32.7 Å². The first-order valence-corrected chi connectivity index (χ1v) is 8.55. The van der Waals surface area contributed by atoms with E-state index in [-0.39, 0.29) is 17.1 Å². The molecule has 0 radical (unpaired) electrons. The Labute approximate surface area is 126 Å². The Morgan fingerprint density at radius 1 is 1.43 bits per heavy atom. The number of sulfonamides is 1. The number of nitrogens with zero attached hydrogens (tertiary/aromatic N) is 2. The number of aliphatic hydroxyl groups is 1. The fraction of sp³-hybridized carbons (Fsp3) is 0.714. The van der Waals surface area contributed by atoms with Gasteiger partial charge in [-0.2, -0.15) is 0 Å². The highest BCUT2D eigenvalue weighted by Gasteiger charge is 2.31. The molecular weight excluding hydrogens is 292 g/mol. The van der Waals surface area contributed by atoms with E-state index in [0.717, 1.165) is 30.2 Å². The van der Waals surface area contributed by atoms with Gasteiger partial charge in [0.05, 0.1) is 6.54 Å². The van der Waals surface area contributed by atoms with Crippen molar-refractivity contribution in [3.8, 4) is 0 Å². The highest BCUT2D eigenvalue weighted by Crippen LogP contribution is 2.30. The number of likely N-dealkylation sites (tertiary alicyclic amines) is 1. The van der Waals surface area contributed by atoms with Crippen LogP contribution in [0.5, 0.6) is 0 Å². The Morgan fingerprint density at radius 2 is 2.14 bits per heavy atom. The molecule has 0 saturated carbocycles. The Hall–Kier alpha value is -0.890. The minimum atomic E-state index is -3.52. The minimum Gasteiger partial charge on any atom is -0.447 e.